The van der Waals surface area contributed by atoms with E-state index in [0.717, 1.165) is 11.1 Å². The molecule has 0 aliphatic heterocycles. The van der Waals surface area contributed by atoms with Crippen LogP contribution in [0.3, 0.4) is 0 Å². The molecule has 0 aromatic heterocycles. The molecular formula is C22H26BrClN2O3. The molecule has 2 aromatic rings. The van der Waals surface area contributed by atoms with Crippen LogP contribution < -0.4 is 10.1 Å². The first kappa shape index (κ1) is 23.2. The van der Waals surface area contributed by atoms with Crippen molar-refractivity contribution in [3.05, 3.63) is 63.1 Å². The molecule has 29 heavy (non-hydrogen) atoms. The second-order valence-corrected chi connectivity index (χ2v) is 7.98. The fourth-order valence-corrected chi connectivity index (χ4v) is 3.71. The zero-order valence-electron chi connectivity index (χ0n) is 16.9. The largest absolute Gasteiger partial charge is 0.483 e. The molecule has 0 spiro atoms. The van der Waals surface area contributed by atoms with E-state index in [1.54, 1.807) is 23.1 Å². The van der Waals surface area contributed by atoms with Crippen LogP contribution in [0, 0.1) is 6.92 Å². The van der Waals surface area contributed by atoms with Gasteiger partial charge in [0.15, 0.2) is 6.61 Å². The number of nitrogens with one attached hydrogen (secondary N) is 1. The number of aryl methyl sites for hydroxylation is 1. The third-order valence-electron chi connectivity index (χ3n) is 4.46. The summed E-state index contributed by atoms with van der Waals surface area (Å²) in [4.78, 5) is 27.2. The maximum atomic E-state index is 13.1. The Hall–Kier alpha value is -2.05. The zero-order chi connectivity index (χ0) is 21.4. The Bertz CT molecular complexity index is 842. The molecule has 2 rings (SSSR count). The van der Waals surface area contributed by atoms with Crippen LogP contribution in [-0.2, 0) is 16.1 Å². The molecule has 0 aliphatic rings. The van der Waals surface area contributed by atoms with Gasteiger partial charge in [-0.2, -0.15) is 0 Å². The van der Waals surface area contributed by atoms with Crippen molar-refractivity contribution in [3.63, 3.8) is 0 Å². The maximum absolute atomic E-state index is 13.1. The second kappa shape index (κ2) is 11.2. The van der Waals surface area contributed by atoms with Crippen molar-refractivity contribution in [1.82, 2.24) is 10.2 Å². The highest BCUT2D eigenvalue weighted by atomic mass is 79.9. The van der Waals surface area contributed by atoms with E-state index in [-0.39, 0.29) is 18.4 Å². The normalized spacial score (nSPS) is 11.6. The second-order valence-electron chi connectivity index (χ2n) is 6.69. The van der Waals surface area contributed by atoms with E-state index >= 15 is 0 Å². The predicted octanol–water partition coefficient (Wildman–Crippen LogP) is 4.73. The quantitative estimate of drug-likeness (QED) is 0.563. The van der Waals surface area contributed by atoms with Gasteiger partial charge in [-0.15, -0.1) is 0 Å². The first-order valence-electron chi connectivity index (χ1n) is 9.56. The van der Waals surface area contributed by atoms with E-state index < -0.39 is 6.04 Å². The van der Waals surface area contributed by atoms with Gasteiger partial charge < -0.3 is 15.0 Å². The monoisotopic (exact) mass is 480 g/mol. The fraction of sp³-hybridized carbons (Fsp3) is 0.364. The van der Waals surface area contributed by atoms with Gasteiger partial charge in [-0.25, -0.2) is 0 Å². The van der Waals surface area contributed by atoms with Crippen LogP contribution in [0.5, 0.6) is 5.75 Å². The Kier molecular flexibility index (Phi) is 8.99. The first-order valence-corrected chi connectivity index (χ1v) is 10.7. The van der Waals surface area contributed by atoms with Crippen molar-refractivity contribution >= 4 is 39.3 Å². The number of carbonyl (C=O) groups is 2. The summed E-state index contributed by atoms with van der Waals surface area (Å²) in [5.41, 5.74) is 2.10. The Balaban J connectivity index is 2.20. The summed E-state index contributed by atoms with van der Waals surface area (Å²) in [5, 5.41) is 3.39. The lowest BCUT2D eigenvalue weighted by Crippen LogP contribution is -2.50. The number of hydrogen-bond acceptors (Lipinski definition) is 3. The third-order valence-corrected chi connectivity index (χ3v) is 5.31. The van der Waals surface area contributed by atoms with E-state index in [0.29, 0.717) is 34.8 Å². The van der Waals surface area contributed by atoms with Crippen LogP contribution >= 0.6 is 27.5 Å². The molecule has 1 atom stereocenters. The van der Waals surface area contributed by atoms with Gasteiger partial charge in [0.25, 0.3) is 5.91 Å². The van der Waals surface area contributed by atoms with Crippen LogP contribution in [0.4, 0.5) is 0 Å². The average molecular weight is 482 g/mol. The number of nitrogens with zero attached hydrogens (tertiary/aromatic N) is 1. The number of ether oxygens (including phenoxy) is 1. The number of halogens is 2. The van der Waals surface area contributed by atoms with Crippen molar-refractivity contribution in [2.45, 2.75) is 39.8 Å². The number of hydrogen-bond donors (Lipinski definition) is 1. The van der Waals surface area contributed by atoms with Crippen molar-refractivity contribution in [2.24, 2.45) is 0 Å². The van der Waals surface area contributed by atoms with Gasteiger partial charge in [-0.1, -0.05) is 48.4 Å². The van der Waals surface area contributed by atoms with E-state index in [1.807, 2.05) is 45.0 Å². The molecule has 0 radical (unpaired) electrons. The molecular weight excluding hydrogens is 456 g/mol. The maximum Gasteiger partial charge on any atom is 0.261 e. The summed E-state index contributed by atoms with van der Waals surface area (Å²) >= 11 is 9.33. The molecule has 0 bridgehead atoms. The molecule has 0 saturated carbocycles. The minimum atomic E-state index is -0.569. The van der Waals surface area contributed by atoms with Gasteiger partial charge in [0, 0.05) is 18.1 Å². The van der Waals surface area contributed by atoms with Gasteiger partial charge in [0.2, 0.25) is 5.91 Å². The summed E-state index contributed by atoms with van der Waals surface area (Å²) in [6.07, 6.45) is 0.508. The third kappa shape index (κ3) is 6.75. The molecule has 2 amide bonds. The lowest BCUT2D eigenvalue weighted by molar-refractivity contribution is -0.142. The Morgan fingerprint density at radius 3 is 2.45 bits per heavy atom. The number of rotatable bonds is 9. The molecule has 156 valence electrons. The Morgan fingerprint density at radius 1 is 1.17 bits per heavy atom. The van der Waals surface area contributed by atoms with E-state index in [4.69, 9.17) is 16.3 Å². The van der Waals surface area contributed by atoms with Gasteiger partial charge in [0.1, 0.15) is 11.8 Å². The highest BCUT2D eigenvalue weighted by Gasteiger charge is 2.28. The first-order chi connectivity index (χ1) is 13.8. The highest BCUT2D eigenvalue weighted by molar-refractivity contribution is 9.10. The van der Waals surface area contributed by atoms with Crippen molar-refractivity contribution < 1.29 is 14.3 Å². The highest BCUT2D eigenvalue weighted by Crippen LogP contribution is 2.28. The van der Waals surface area contributed by atoms with E-state index in [9.17, 15) is 9.59 Å². The van der Waals surface area contributed by atoms with E-state index in [2.05, 4.69) is 21.2 Å². The van der Waals surface area contributed by atoms with Crippen LogP contribution in [0.15, 0.2) is 46.9 Å². The van der Waals surface area contributed by atoms with Crippen LogP contribution in [0.1, 0.15) is 31.4 Å². The molecule has 1 unspecified atom stereocenters. The van der Waals surface area contributed by atoms with Gasteiger partial charge in [-0.3, -0.25) is 9.59 Å². The average Bonchev–Trinajstić information content (AvgIpc) is 2.68. The molecule has 5 nitrogen and oxygen atoms in total. The molecule has 1 N–H and O–H groups in total. The van der Waals surface area contributed by atoms with Crippen LogP contribution in [0.25, 0.3) is 0 Å². The van der Waals surface area contributed by atoms with Crippen LogP contribution in [-0.4, -0.2) is 35.9 Å². The zero-order valence-corrected chi connectivity index (χ0v) is 19.2. The van der Waals surface area contributed by atoms with Crippen molar-refractivity contribution in [1.29, 1.82) is 0 Å². The lowest BCUT2D eigenvalue weighted by Gasteiger charge is -2.30. The van der Waals surface area contributed by atoms with Gasteiger partial charge >= 0.3 is 0 Å². The fourth-order valence-electron chi connectivity index (χ4n) is 2.92. The molecule has 7 heteroatoms. The topological polar surface area (TPSA) is 58.6 Å². The summed E-state index contributed by atoms with van der Waals surface area (Å²) in [7, 11) is 0. The minimum Gasteiger partial charge on any atom is -0.483 e. The number of likely N-dealkylation sites (N-methyl/N-ethyl adjacent to an activating group) is 1. The summed E-state index contributed by atoms with van der Waals surface area (Å²) in [6, 6.07) is 12.5. The van der Waals surface area contributed by atoms with Gasteiger partial charge in [0.05, 0.1) is 4.47 Å². The lowest BCUT2D eigenvalue weighted by atomic mass is 10.1. The molecule has 0 fully saturated rings. The minimum absolute atomic E-state index is 0.164. The van der Waals surface area contributed by atoms with Crippen molar-refractivity contribution in [2.75, 3.05) is 13.2 Å². The SMILES string of the molecule is CCNC(=O)C(CC)N(Cc1ccc(C)cc1)C(=O)COc1ccc(Cl)cc1Br. The number of carbonyl (C=O) groups excluding carboxylic acids is 2. The number of amides is 2. The molecule has 0 aliphatic carbocycles. The summed E-state index contributed by atoms with van der Waals surface area (Å²) in [5.74, 6) is 0.0951. The summed E-state index contributed by atoms with van der Waals surface area (Å²) in [6.45, 7) is 6.43. The summed E-state index contributed by atoms with van der Waals surface area (Å²) < 4.78 is 6.36. The Labute approximate surface area is 185 Å². The molecule has 2 aromatic carbocycles. The molecule has 0 saturated heterocycles. The van der Waals surface area contributed by atoms with Crippen LogP contribution in [0.2, 0.25) is 5.02 Å². The van der Waals surface area contributed by atoms with Crippen molar-refractivity contribution in [3.8, 4) is 5.75 Å². The van der Waals surface area contributed by atoms with E-state index in [1.165, 1.54) is 0 Å². The predicted molar refractivity (Wildman–Crippen MR) is 119 cm³/mol. The standard InChI is InChI=1S/C22H26BrClN2O3/c1-4-19(22(28)25-5-2)26(13-16-8-6-15(3)7-9-16)21(27)14-29-20-11-10-17(24)12-18(20)23/h6-12,19H,4-5,13-14H2,1-3H3,(H,25,28). The smallest absolute Gasteiger partial charge is 0.261 e. The Morgan fingerprint density at radius 2 is 1.86 bits per heavy atom. The van der Waals surface area contributed by atoms with Gasteiger partial charge in [-0.05, 0) is 60.0 Å². The number of benzene rings is 2. The molecule has 0 heterocycles.